The molecule has 1 N–H and O–H groups in total. The number of nitrogens with one attached hydrogen (secondary N) is 1. The molecule has 0 aliphatic carbocycles. The number of nitrogens with zero attached hydrogens (tertiary/aromatic N) is 2. The standard InChI is InChI=1S/C19H22FN3O3/c1-21-19(26)14-9-18(25)23(10-14)16-11-22(12-16)17(24)4-2-3-13-5-7-15(20)8-6-13/h2-3,5-8,14,16H,4,9-12H2,1H3,(H,21,26)/b3-2+. The van der Waals surface area contributed by atoms with Gasteiger partial charge in [0.25, 0.3) is 0 Å². The lowest BCUT2D eigenvalue weighted by Crippen LogP contribution is -2.61. The van der Waals surface area contributed by atoms with Crippen LogP contribution in [0, 0.1) is 11.7 Å². The van der Waals surface area contributed by atoms with Crippen LogP contribution in [0.1, 0.15) is 18.4 Å². The summed E-state index contributed by atoms with van der Waals surface area (Å²) < 4.78 is 12.8. The molecule has 26 heavy (non-hydrogen) atoms. The van der Waals surface area contributed by atoms with Gasteiger partial charge in [-0.1, -0.05) is 24.3 Å². The molecule has 1 atom stereocenters. The summed E-state index contributed by atoms with van der Waals surface area (Å²) in [7, 11) is 1.57. The van der Waals surface area contributed by atoms with Crippen LogP contribution >= 0.6 is 0 Å². The molecule has 1 aromatic carbocycles. The molecule has 0 spiro atoms. The van der Waals surface area contributed by atoms with Gasteiger partial charge in [-0.05, 0) is 17.7 Å². The average molecular weight is 359 g/mol. The Hall–Kier alpha value is -2.70. The Morgan fingerprint density at radius 3 is 2.58 bits per heavy atom. The highest BCUT2D eigenvalue weighted by Crippen LogP contribution is 2.25. The van der Waals surface area contributed by atoms with Crippen molar-refractivity contribution in [3.05, 3.63) is 41.7 Å². The third-order valence-corrected chi connectivity index (χ3v) is 4.90. The lowest BCUT2D eigenvalue weighted by Gasteiger charge is -2.44. The van der Waals surface area contributed by atoms with Gasteiger partial charge >= 0.3 is 0 Å². The molecule has 1 aromatic rings. The van der Waals surface area contributed by atoms with Crippen molar-refractivity contribution in [2.45, 2.75) is 18.9 Å². The number of likely N-dealkylation sites (tertiary alicyclic amines) is 2. The van der Waals surface area contributed by atoms with Crippen LogP contribution in [-0.2, 0) is 14.4 Å². The van der Waals surface area contributed by atoms with Crippen LogP contribution in [0.4, 0.5) is 4.39 Å². The Morgan fingerprint density at radius 2 is 1.92 bits per heavy atom. The number of hydrogen-bond acceptors (Lipinski definition) is 3. The smallest absolute Gasteiger partial charge is 0.226 e. The van der Waals surface area contributed by atoms with Crippen LogP contribution in [0.15, 0.2) is 30.3 Å². The second kappa shape index (κ2) is 7.68. The normalized spacial score (nSPS) is 20.5. The molecule has 138 valence electrons. The Morgan fingerprint density at radius 1 is 1.23 bits per heavy atom. The number of amides is 3. The summed E-state index contributed by atoms with van der Waals surface area (Å²) in [5.41, 5.74) is 0.837. The molecule has 2 aliphatic heterocycles. The van der Waals surface area contributed by atoms with Gasteiger partial charge in [-0.3, -0.25) is 14.4 Å². The molecule has 2 fully saturated rings. The molecule has 6 nitrogen and oxygen atoms in total. The van der Waals surface area contributed by atoms with E-state index in [-0.39, 0.29) is 48.3 Å². The van der Waals surface area contributed by atoms with Gasteiger partial charge in [-0.15, -0.1) is 0 Å². The highest BCUT2D eigenvalue weighted by atomic mass is 19.1. The van der Waals surface area contributed by atoms with Gasteiger partial charge in [0.15, 0.2) is 0 Å². The maximum absolute atomic E-state index is 12.8. The van der Waals surface area contributed by atoms with E-state index in [1.165, 1.54) is 12.1 Å². The number of carbonyl (C=O) groups excluding carboxylic acids is 3. The van der Waals surface area contributed by atoms with Crippen molar-refractivity contribution < 1.29 is 18.8 Å². The van der Waals surface area contributed by atoms with Gasteiger partial charge < -0.3 is 15.1 Å². The van der Waals surface area contributed by atoms with Crippen LogP contribution < -0.4 is 5.32 Å². The van der Waals surface area contributed by atoms with Crippen molar-refractivity contribution in [2.24, 2.45) is 5.92 Å². The average Bonchev–Trinajstić information content (AvgIpc) is 2.96. The van der Waals surface area contributed by atoms with Crippen molar-refractivity contribution in [3.63, 3.8) is 0 Å². The minimum Gasteiger partial charge on any atom is -0.359 e. The molecular formula is C19H22FN3O3. The largest absolute Gasteiger partial charge is 0.359 e. The minimum absolute atomic E-state index is 0.00202. The van der Waals surface area contributed by atoms with E-state index in [1.807, 2.05) is 0 Å². The summed E-state index contributed by atoms with van der Waals surface area (Å²) in [6.45, 7) is 1.44. The minimum atomic E-state index is -0.295. The van der Waals surface area contributed by atoms with E-state index in [4.69, 9.17) is 0 Å². The monoisotopic (exact) mass is 359 g/mol. The van der Waals surface area contributed by atoms with Crippen LogP contribution in [0.25, 0.3) is 6.08 Å². The van der Waals surface area contributed by atoms with E-state index >= 15 is 0 Å². The Balaban J connectivity index is 1.44. The summed E-state index contributed by atoms with van der Waals surface area (Å²) in [5.74, 6) is -0.726. The summed E-state index contributed by atoms with van der Waals surface area (Å²) >= 11 is 0. The van der Waals surface area contributed by atoms with E-state index in [0.717, 1.165) is 5.56 Å². The van der Waals surface area contributed by atoms with Crippen LogP contribution in [0.3, 0.4) is 0 Å². The first-order valence-corrected chi connectivity index (χ1v) is 8.69. The fourth-order valence-electron chi connectivity index (χ4n) is 3.32. The van der Waals surface area contributed by atoms with Gasteiger partial charge in [-0.25, -0.2) is 4.39 Å². The molecule has 2 heterocycles. The molecule has 1 unspecified atom stereocenters. The fraction of sp³-hybridized carbons (Fsp3) is 0.421. The van der Waals surface area contributed by atoms with Crippen molar-refractivity contribution in [2.75, 3.05) is 26.7 Å². The SMILES string of the molecule is CNC(=O)C1CC(=O)N(C2CN(C(=O)C/C=C/c3ccc(F)cc3)C2)C1. The molecule has 0 radical (unpaired) electrons. The lowest BCUT2D eigenvalue weighted by atomic mass is 10.1. The number of rotatable bonds is 5. The number of hydrogen-bond donors (Lipinski definition) is 1. The fourth-order valence-corrected chi connectivity index (χ4v) is 3.32. The zero-order valence-electron chi connectivity index (χ0n) is 14.7. The summed E-state index contributed by atoms with van der Waals surface area (Å²) in [6.07, 6.45) is 4.04. The number of benzene rings is 1. The predicted octanol–water partition coefficient (Wildman–Crippen LogP) is 1.03. The van der Waals surface area contributed by atoms with E-state index in [1.54, 1.807) is 41.1 Å². The zero-order chi connectivity index (χ0) is 18.7. The van der Waals surface area contributed by atoms with Gasteiger partial charge in [0.05, 0.1) is 12.0 Å². The van der Waals surface area contributed by atoms with Crippen LogP contribution in [-0.4, -0.2) is 60.2 Å². The second-order valence-corrected chi connectivity index (χ2v) is 6.67. The first-order valence-electron chi connectivity index (χ1n) is 8.69. The summed E-state index contributed by atoms with van der Waals surface area (Å²) in [6, 6.07) is 6.05. The molecular weight excluding hydrogens is 337 g/mol. The first kappa shape index (κ1) is 18.1. The zero-order valence-corrected chi connectivity index (χ0v) is 14.7. The van der Waals surface area contributed by atoms with E-state index in [2.05, 4.69) is 5.32 Å². The van der Waals surface area contributed by atoms with E-state index in [0.29, 0.717) is 19.6 Å². The lowest BCUT2D eigenvalue weighted by molar-refractivity contribution is -0.143. The second-order valence-electron chi connectivity index (χ2n) is 6.67. The molecule has 2 aliphatic rings. The van der Waals surface area contributed by atoms with Crippen LogP contribution in [0.2, 0.25) is 0 Å². The predicted molar refractivity (Wildman–Crippen MR) is 94.3 cm³/mol. The molecule has 3 amide bonds. The highest BCUT2D eigenvalue weighted by Gasteiger charge is 2.42. The number of carbonyl (C=O) groups is 3. The highest BCUT2D eigenvalue weighted by molar-refractivity contribution is 5.89. The molecule has 0 bridgehead atoms. The van der Waals surface area contributed by atoms with Gasteiger partial charge in [0.2, 0.25) is 17.7 Å². The molecule has 0 saturated carbocycles. The first-order chi connectivity index (χ1) is 12.5. The maximum Gasteiger partial charge on any atom is 0.226 e. The third-order valence-electron chi connectivity index (χ3n) is 4.90. The Labute approximate surface area is 151 Å². The topological polar surface area (TPSA) is 69.7 Å². The maximum atomic E-state index is 12.8. The Bertz CT molecular complexity index is 726. The number of halogens is 1. The van der Waals surface area contributed by atoms with Crippen molar-refractivity contribution in [1.29, 1.82) is 0 Å². The van der Waals surface area contributed by atoms with Gasteiger partial charge in [0, 0.05) is 39.5 Å². The van der Waals surface area contributed by atoms with E-state index < -0.39 is 0 Å². The molecule has 3 rings (SSSR count). The molecule has 2 saturated heterocycles. The van der Waals surface area contributed by atoms with Crippen molar-refractivity contribution in [1.82, 2.24) is 15.1 Å². The summed E-state index contributed by atoms with van der Waals surface area (Å²) in [5, 5.41) is 2.58. The van der Waals surface area contributed by atoms with E-state index in [9.17, 15) is 18.8 Å². The van der Waals surface area contributed by atoms with Crippen molar-refractivity contribution in [3.8, 4) is 0 Å². The quantitative estimate of drug-likeness (QED) is 0.854. The van der Waals surface area contributed by atoms with Gasteiger partial charge in [0.1, 0.15) is 5.82 Å². The molecule has 0 aromatic heterocycles. The van der Waals surface area contributed by atoms with Crippen LogP contribution in [0.5, 0.6) is 0 Å². The van der Waals surface area contributed by atoms with Gasteiger partial charge in [-0.2, -0.15) is 0 Å². The Kier molecular flexibility index (Phi) is 5.35. The third kappa shape index (κ3) is 3.92. The molecule has 7 heteroatoms. The van der Waals surface area contributed by atoms with Crippen molar-refractivity contribution >= 4 is 23.8 Å². The summed E-state index contributed by atoms with van der Waals surface area (Å²) in [4.78, 5) is 39.4.